The maximum Gasteiger partial charge on any atom is 0.329 e. The van der Waals surface area contributed by atoms with Crippen LogP contribution in [0.3, 0.4) is 0 Å². The van der Waals surface area contributed by atoms with Gasteiger partial charge in [-0.15, -0.1) is 0 Å². The van der Waals surface area contributed by atoms with Crippen molar-refractivity contribution >= 4 is 28.5 Å². The number of benzene rings is 1. The van der Waals surface area contributed by atoms with Crippen molar-refractivity contribution in [3.63, 3.8) is 0 Å². The minimum absolute atomic E-state index is 0.114. The highest BCUT2D eigenvalue weighted by molar-refractivity contribution is 6.30. The van der Waals surface area contributed by atoms with E-state index in [0.717, 1.165) is 0 Å². The van der Waals surface area contributed by atoms with E-state index in [0.29, 0.717) is 16.2 Å². The Hall–Kier alpha value is -2.67. The summed E-state index contributed by atoms with van der Waals surface area (Å²) < 4.78 is 2.78. The molecule has 0 fully saturated rings. The minimum Gasteiger partial charge on any atom is -0.306 e. The molecule has 23 heavy (non-hydrogen) atoms. The van der Waals surface area contributed by atoms with E-state index < -0.39 is 17.3 Å². The van der Waals surface area contributed by atoms with Crippen molar-refractivity contribution in [1.82, 2.24) is 19.1 Å². The molecule has 3 rings (SSSR count). The van der Waals surface area contributed by atoms with Crippen LogP contribution in [0.15, 0.2) is 40.2 Å². The van der Waals surface area contributed by atoms with Crippen LogP contribution in [0.1, 0.15) is 23.3 Å². The van der Waals surface area contributed by atoms with Gasteiger partial charge in [0.25, 0.3) is 5.56 Å². The SMILES string of the molecule is CC(C(=O)c1ccc(Cl)cc1)n1cnc2c(=O)[nH]c(=O)n(C)c21. The number of aromatic amines is 1. The van der Waals surface area contributed by atoms with Gasteiger partial charge in [0.2, 0.25) is 0 Å². The van der Waals surface area contributed by atoms with E-state index in [1.165, 1.54) is 22.5 Å². The number of Topliss-reactive ketones (excluding diaryl/α,β-unsaturated/α-hetero) is 1. The molecule has 7 nitrogen and oxygen atoms in total. The van der Waals surface area contributed by atoms with Crippen LogP contribution in [0.2, 0.25) is 5.02 Å². The first-order valence-corrected chi connectivity index (χ1v) is 7.23. The summed E-state index contributed by atoms with van der Waals surface area (Å²) in [6, 6.07) is 5.90. The van der Waals surface area contributed by atoms with Crippen LogP contribution in [0.5, 0.6) is 0 Å². The fourth-order valence-electron chi connectivity index (χ4n) is 2.45. The van der Waals surface area contributed by atoms with Gasteiger partial charge in [-0.05, 0) is 31.2 Å². The molecular weight excluding hydrogens is 320 g/mol. The molecule has 118 valence electrons. The van der Waals surface area contributed by atoms with Gasteiger partial charge in [0, 0.05) is 17.6 Å². The normalized spacial score (nSPS) is 12.5. The summed E-state index contributed by atoms with van der Waals surface area (Å²) in [4.78, 5) is 42.4. The predicted molar refractivity (Wildman–Crippen MR) is 86.1 cm³/mol. The lowest BCUT2D eigenvalue weighted by atomic mass is 10.1. The number of ketones is 1. The summed E-state index contributed by atoms with van der Waals surface area (Å²) in [6.45, 7) is 1.68. The van der Waals surface area contributed by atoms with Crippen LogP contribution in [0, 0.1) is 0 Å². The fourth-order valence-corrected chi connectivity index (χ4v) is 2.57. The van der Waals surface area contributed by atoms with Gasteiger partial charge in [-0.25, -0.2) is 9.78 Å². The molecule has 2 heterocycles. The minimum atomic E-state index is -0.631. The Kier molecular flexibility index (Phi) is 3.65. The number of aromatic nitrogens is 4. The van der Waals surface area contributed by atoms with E-state index in [-0.39, 0.29) is 11.3 Å². The van der Waals surface area contributed by atoms with Gasteiger partial charge >= 0.3 is 5.69 Å². The Morgan fingerprint density at radius 2 is 1.91 bits per heavy atom. The number of fused-ring (bicyclic) bond motifs is 1. The topological polar surface area (TPSA) is 89.8 Å². The first kappa shape index (κ1) is 15.2. The zero-order valence-electron chi connectivity index (χ0n) is 12.4. The Morgan fingerprint density at radius 3 is 2.57 bits per heavy atom. The Labute approximate surface area is 135 Å². The monoisotopic (exact) mass is 332 g/mol. The second kappa shape index (κ2) is 5.51. The van der Waals surface area contributed by atoms with Crippen LogP contribution < -0.4 is 11.2 Å². The Bertz CT molecular complexity index is 1010. The Balaban J connectivity index is 2.13. The first-order valence-electron chi connectivity index (χ1n) is 6.85. The van der Waals surface area contributed by atoms with Gasteiger partial charge in [-0.3, -0.25) is 19.1 Å². The lowest BCUT2D eigenvalue weighted by Gasteiger charge is -2.14. The average molecular weight is 333 g/mol. The van der Waals surface area contributed by atoms with Crippen LogP contribution in [0.25, 0.3) is 11.2 Å². The first-order chi connectivity index (χ1) is 10.9. The number of nitrogens with zero attached hydrogens (tertiary/aromatic N) is 3. The van der Waals surface area contributed by atoms with Crippen LogP contribution in [-0.2, 0) is 7.05 Å². The van der Waals surface area contributed by atoms with Crippen molar-refractivity contribution in [2.75, 3.05) is 0 Å². The molecule has 0 radical (unpaired) electrons. The van der Waals surface area contributed by atoms with Gasteiger partial charge in [-0.1, -0.05) is 11.6 Å². The average Bonchev–Trinajstić information content (AvgIpc) is 2.97. The lowest BCUT2D eigenvalue weighted by molar-refractivity contribution is 0.0936. The standard InChI is InChI=1S/C15H13ClN4O3/c1-8(12(21)9-3-5-10(16)6-4-9)20-7-17-11-13(22)18-15(23)19(2)14(11)20/h3-8H,1-2H3,(H,18,22,23). The zero-order valence-corrected chi connectivity index (χ0v) is 13.2. The highest BCUT2D eigenvalue weighted by Crippen LogP contribution is 2.19. The van der Waals surface area contributed by atoms with E-state index in [4.69, 9.17) is 11.6 Å². The summed E-state index contributed by atoms with van der Waals surface area (Å²) >= 11 is 5.83. The number of rotatable bonds is 3. The molecule has 1 N–H and O–H groups in total. The molecule has 1 unspecified atom stereocenters. The van der Waals surface area contributed by atoms with E-state index >= 15 is 0 Å². The maximum absolute atomic E-state index is 12.6. The number of imidazole rings is 1. The maximum atomic E-state index is 12.6. The van der Waals surface area contributed by atoms with Crippen molar-refractivity contribution in [1.29, 1.82) is 0 Å². The third kappa shape index (κ3) is 2.49. The molecule has 0 amide bonds. The zero-order chi connectivity index (χ0) is 16.7. The van der Waals surface area contributed by atoms with Crippen molar-refractivity contribution in [3.8, 4) is 0 Å². The third-order valence-electron chi connectivity index (χ3n) is 3.75. The molecular formula is C15H13ClN4O3. The van der Waals surface area contributed by atoms with Crippen molar-refractivity contribution in [2.24, 2.45) is 7.05 Å². The smallest absolute Gasteiger partial charge is 0.306 e. The number of halogens is 1. The van der Waals surface area contributed by atoms with Gasteiger partial charge < -0.3 is 4.57 Å². The number of hydrogen-bond donors (Lipinski definition) is 1. The predicted octanol–water partition coefficient (Wildman–Crippen LogP) is 1.52. The van der Waals surface area contributed by atoms with Crippen LogP contribution >= 0.6 is 11.6 Å². The van der Waals surface area contributed by atoms with Crippen LogP contribution in [-0.4, -0.2) is 24.9 Å². The van der Waals surface area contributed by atoms with Crippen molar-refractivity contribution < 1.29 is 4.79 Å². The molecule has 3 aromatic rings. The van der Waals surface area contributed by atoms with Crippen molar-refractivity contribution in [2.45, 2.75) is 13.0 Å². The summed E-state index contributed by atoms with van der Waals surface area (Å²) in [5.41, 5.74) is -0.238. The second-order valence-electron chi connectivity index (χ2n) is 5.19. The molecule has 0 aliphatic heterocycles. The fraction of sp³-hybridized carbons (Fsp3) is 0.200. The van der Waals surface area contributed by atoms with Gasteiger partial charge in [0.15, 0.2) is 16.9 Å². The van der Waals surface area contributed by atoms with Crippen molar-refractivity contribution in [3.05, 3.63) is 62.0 Å². The summed E-state index contributed by atoms with van der Waals surface area (Å²) in [5.74, 6) is -0.173. The molecule has 0 aliphatic carbocycles. The Morgan fingerprint density at radius 1 is 1.26 bits per heavy atom. The third-order valence-corrected chi connectivity index (χ3v) is 4.00. The summed E-state index contributed by atoms with van der Waals surface area (Å²) in [7, 11) is 1.51. The molecule has 0 aliphatic rings. The molecule has 1 aromatic carbocycles. The number of carbonyl (C=O) groups is 1. The largest absolute Gasteiger partial charge is 0.329 e. The summed E-state index contributed by atoms with van der Waals surface area (Å²) in [6.07, 6.45) is 1.39. The number of hydrogen-bond acceptors (Lipinski definition) is 4. The van der Waals surface area contributed by atoms with E-state index in [9.17, 15) is 14.4 Å². The highest BCUT2D eigenvalue weighted by Gasteiger charge is 2.21. The number of nitrogens with one attached hydrogen (secondary N) is 1. The van der Waals surface area contributed by atoms with Crippen LogP contribution in [0.4, 0.5) is 0 Å². The molecule has 0 bridgehead atoms. The van der Waals surface area contributed by atoms with E-state index in [1.54, 1.807) is 31.2 Å². The van der Waals surface area contributed by atoms with Gasteiger partial charge in [0.1, 0.15) is 0 Å². The van der Waals surface area contributed by atoms with E-state index in [1.807, 2.05) is 0 Å². The highest BCUT2D eigenvalue weighted by atomic mass is 35.5. The molecule has 2 aromatic heterocycles. The second-order valence-corrected chi connectivity index (χ2v) is 5.63. The molecule has 1 atom stereocenters. The number of aryl methyl sites for hydroxylation is 1. The molecule has 0 saturated carbocycles. The van der Waals surface area contributed by atoms with E-state index in [2.05, 4.69) is 9.97 Å². The quantitative estimate of drug-likeness (QED) is 0.736. The van der Waals surface area contributed by atoms with Gasteiger partial charge in [0.05, 0.1) is 12.4 Å². The van der Waals surface area contributed by atoms with Gasteiger partial charge in [-0.2, -0.15) is 0 Å². The molecule has 0 spiro atoms. The summed E-state index contributed by atoms with van der Waals surface area (Å²) in [5, 5.41) is 0.538. The molecule has 0 saturated heterocycles. The number of H-pyrrole nitrogens is 1. The number of carbonyl (C=O) groups excluding carboxylic acids is 1. The lowest BCUT2D eigenvalue weighted by Crippen LogP contribution is -2.30. The molecule has 8 heteroatoms.